The number of methoxy groups -OCH3 is 1. The standard InChI is InChI=1S/C17H15ClF2O/c1-21-12-9-13(19)15(14(20)10-12)16(18)17(7-8-17)11-5-3-2-4-6-11/h2-6,9-10,16H,7-8H2,1H3. The van der Waals surface area contributed by atoms with Crippen molar-refractivity contribution in [2.75, 3.05) is 7.11 Å². The van der Waals surface area contributed by atoms with Crippen molar-refractivity contribution in [1.29, 1.82) is 0 Å². The summed E-state index contributed by atoms with van der Waals surface area (Å²) in [6.45, 7) is 0. The van der Waals surface area contributed by atoms with Gasteiger partial charge in [-0.25, -0.2) is 8.78 Å². The van der Waals surface area contributed by atoms with Crippen molar-refractivity contribution in [3.63, 3.8) is 0 Å². The summed E-state index contributed by atoms with van der Waals surface area (Å²) in [6, 6.07) is 12.0. The molecule has 1 atom stereocenters. The van der Waals surface area contributed by atoms with Crippen LogP contribution < -0.4 is 4.74 Å². The first-order valence-electron chi connectivity index (χ1n) is 6.81. The molecule has 110 valence electrons. The van der Waals surface area contributed by atoms with E-state index in [0.717, 1.165) is 18.4 Å². The maximum Gasteiger partial charge on any atom is 0.134 e. The summed E-state index contributed by atoms with van der Waals surface area (Å²) >= 11 is 6.48. The van der Waals surface area contributed by atoms with Gasteiger partial charge in [0, 0.05) is 23.1 Å². The molecule has 4 heteroatoms. The van der Waals surface area contributed by atoms with Gasteiger partial charge in [-0.3, -0.25) is 0 Å². The second-order valence-corrected chi connectivity index (χ2v) is 5.83. The van der Waals surface area contributed by atoms with Gasteiger partial charge in [-0.1, -0.05) is 30.3 Å². The molecule has 1 saturated carbocycles. The minimum Gasteiger partial charge on any atom is -0.497 e. The Balaban J connectivity index is 2.02. The van der Waals surface area contributed by atoms with Gasteiger partial charge in [0.2, 0.25) is 0 Å². The summed E-state index contributed by atoms with van der Waals surface area (Å²) in [5.74, 6) is -1.16. The monoisotopic (exact) mass is 308 g/mol. The second kappa shape index (κ2) is 5.30. The maximum absolute atomic E-state index is 14.2. The molecule has 2 aromatic rings. The zero-order valence-corrected chi connectivity index (χ0v) is 12.3. The number of benzene rings is 2. The van der Waals surface area contributed by atoms with Crippen LogP contribution in [0.5, 0.6) is 5.75 Å². The van der Waals surface area contributed by atoms with E-state index in [1.165, 1.54) is 19.2 Å². The third kappa shape index (κ3) is 2.40. The lowest BCUT2D eigenvalue weighted by Gasteiger charge is -2.23. The van der Waals surface area contributed by atoms with E-state index in [1.54, 1.807) is 0 Å². The summed E-state index contributed by atoms with van der Waals surface area (Å²) in [6.07, 6.45) is 1.66. The van der Waals surface area contributed by atoms with Crippen LogP contribution in [0.15, 0.2) is 42.5 Å². The van der Waals surface area contributed by atoms with Crippen LogP contribution in [-0.2, 0) is 5.41 Å². The van der Waals surface area contributed by atoms with Crippen LogP contribution in [0.3, 0.4) is 0 Å². The molecule has 0 N–H and O–H groups in total. The van der Waals surface area contributed by atoms with Crippen LogP contribution in [0.25, 0.3) is 0 Å². The Hall–Kier alpha value is -1.61. The average molecular weight is 309 g/mol. The van der Waals surface area contributed by atoms with E-state index in [2.05, 4.69) is 0 Å². The Kier molecular flexibility index (Phi) is 3.62. The quantitative estimate of drug-likeness (QED) is 0.723. The fourth-order valence-electron chi connectivity index (χ4n) is 2.79. The van der Waals surface area contributed by atoms with Gasteiger partial charge in [0.15, 0.2) is 0 Å². The molecule has 0 bridgehead atoms. The van der Waals surface area contributed by atoms with E-state index in [4.69, 9.17) is 16.3 Å². The van der Waals surface area contributed by atoms with Crippen molar-refractivity contribution in [1.82, 2.24) is 0 Å². The van der Waals surface area contributed by atoms with Crippen molar-refractivity contribution < 1.29 is 13.5 Å². The first-order valence-corrected chi connectivity index (χ1v) is 7.24. The minimum absolute atomic E-state index is 0.0705. The lowest BCUT2D eigenvalue weighted by Crippen LogP contribution is -2.16. The highest BCUT2D eigenvalue weighted by Gasteiger charge is 2.52. The van der Waals surface area contributed by atoms with Crippen LogP contribution in [0.4, 0.5) is 8.78 Å². The molecular formula is C17H15ClF2O. The van der Waals surface area contributed by atoms with Crippen molar-refractivity contribution >= 4 is 11.6 Å². The Bertz CT molecular complexity index is 630. The highest BCUT2D eigenvalue weighted by Crippen LogP contribution is 2.59. The molecule has 1 aliphatic rings. The Labute approximate surface area is 127 Å². The predicted octanol–water partition coefficient (Wildman–Crippen LogP) is 4.99. The molecule has 0 spiro atoms. The maximum atomic E-state index is 14.2. The molecule has 0 heterocycles. The van der Waals surface area contributed by atoms with Gasteiger partial charge in [-0.15, -0.1) is 11.6 Å². The van der Waals surface area contributed by atoms with Crippen molar-refractivity contribution in [2.24, 2.45) is 0 Å². The molecule has 3 rings (SSSR count). The number of halogens is 3. The zero-order valence-electron chi connectivity index (χ0n) is 11.6. The van der Waals surface area contributed by atoms with Crippen LogP contribution >= 0.6 is 11.6 Å². The largest absolute Gasteiger partial charge is 0.497 e. The molecule has 1 aliphatic carbocycles. The van der Waals surface area contributed by atoms with E-state index in [-0.39, 0.29) is 16.7 Å². The number of hydrogen-bond acceptors (Lipinski definition) is 1. The highest BCUT2D eigenvalue weighted by molar-refractivity contribution is 6.22. The van der Waals surface area contributed by atoms with Crippen LogP contribution in [0.2, 0.25) is 0 Å². The lowest BCUT2D eigenvalue weighted by molar-refractivity contribution is 0.404. The summed E-state index contributed by atoms with van der Waals surface area (Å²) in [5.41, 5.74) is 0.581. The second-order valence-electron chi connectivity index (χ2n) is 5.39. The van der Waals surface area contributed by atoms with Gasteiger partial charge in [-0.2, -0.15) is 0 Å². The molecule has 1 fully saturated rings. The molecule has 0 radical (unpaired) electrons. The van der Waals surface area contributed by atoms with Crippen LogP contribution in [-0.4, -0.2) is 7.11 Å². The van der Waals surface area contributed by atoms with E-state index >= 15 is 0 Å². The highest BCUT2D eigenvalue weighted by atomic mass is 35.5. The number of hydrogen-bond donors (Lipinski definition) is 0. The van der Waals surface area contributed by atoms with E-state index in [0.29, 0.717) is 0 Å². The zero-order chi connectivity index (χ0) is 15.0. The third-order valence-electron chi connectivity index (χ3n) is 4.16. The summed E-state index contributed by atoms with van der Waals surface area (Å²) in [5, 5.41) is -0.731. The van der Waals surface area contributed by atoms with Crippen molar-refractivity contribution in [2.45, 2.75) is 23.6 Å². The first kappa shape index (κ1) is 14.3. The van der Waals surface area contributed by atoms with Gasteiger partial charge in [0.05, 0.1) is 12.5 Å². The Morgan fingerprint density at radius 3 is 2.14 bits per heavy atom. The third-order valence-corrected chi connectivity index (χ3v) is 4.80. The first-order chi connectivity index (χ1) is 10.1. The van der Waals surface area contributed by atoms with E-state index in [9.17, 15) is 8.78 Å². The summed E-state index contributed by atoms with van der Waals surface area (Å²) in [4.78, 5) is 0. The van der Waals surface area contributed by atoms with Crippen molar-refractivity contribution in [3.8, 4) is 5.75 Å². The van der Waals surface area contributed by atoms with Gasteiger partial charge >= 0.3 is 0 Å². The van der Waals surface area contributed by atoms with Gasteiger partial charge in [0.1, 0.15) is 17.4 Å². The Morgan fingerprint density at radius 2 is 1.67 bits per heavy atom. The number of rotatable bonds is 4. The molecule has 21 heavy (non-hydrogen) atoms. The van der Waals surface area contributed by atoms with Crippen LogP contribution in [0.1, 0.15) is 29.3 Å². The smallest absolute Gasteiger partial charge is 0.134 e. The topological polar surface area (TPSA) is 9.23 Å². The SMILES string of the molecule is COc1cc(F)c(C(Cl)C2(c3ccccc3)CC2)c(F)c1. The molecule has 2 aromatic carbocycles. The van der Waals surface area contributed by atoms with E-state index in [1.807, 2.05) is 30.3 Å². The predicted molar refractivity (Wildman–Crippen MR) is 78.9 cm³/mol. The molecular weight excluding hydrogens is 294 g/mol. The average Bonchev–Trinajstić information content (AvgIpc) is 3.29. The van der Waals surface area contributed by atoms with Crippen molar-refractivity contribution in [3.05, 3.63) is 65.2 Å². The van der Waals surface area contributed by atoms with Gasteiger partial charge in [-0.05, 0) is 18.4 Å². The number of ether oxygens (including phenoxy) is 1. The summed E-state index contributed by atoms with van der Waals surface area (Å²) < 4.78 is 33.3. The molecule has 0 saturated heterocycles. The van der Waals surface area contributed by atoms with Gasteiger partial charge < -0.3 is 4.74 Å². The number of alkyl halides is 1. The molecule has 1 unspecified atom stereocenters. The minimum atomic E-state index is -0.731. The fraction of sp³-hybridized carbons (Fsp3) is 0.294. The van der Waals surface area contributed by atoms with Crippen LogP contribution in [0, 0.1) is 11.6 Å². The molecule has 0 aromatic heterocycles. The Morgan fingerprint density at radius 1 is 1.10 bits per heavy atom. The fourth-order valence-corrected chi connectivity index (χ4v) is 3.34. The lowest BCUT2D eigenvalue weighted by atomic mass is 9.88. The summed E-state index contributed by atoms with van der Waals surface area (Å²) in [7, 11) is 1.37. The van der Waals surface area contributed by atoms with Gasteiger partial charge in [0.25, 0.3) is 0 Å². The molecule has 0 amide bonds. The van der Waals surface area contributed by atoms with E-state index < -0.39 is 17.0 Å². The molecule has 0 aliphatic heterocycles. The molecule has 1 nitrogen and oxygen atoms in total. The normalized spacial score (nSPS) is 17.3.